The molecule has 0 bridgehead atoms. The highest BCUT2D eigenvalue weighted by Gasteiger charge is 2.37. The molecule has 13 heteroatoms. The molecule has 0 saturated heterocycles. The van der Waals surface area contributed by atoms with Gasteiger partial charge >= 0.3 is 11.9 Å². The third-order valence-electron chi connectivity index (χ3n) is 2.66. The van der Waals surface area contributed by atoms with E-state index in [4.69, 9.17) is 19.9 Å². The summed E-state index contributed by atoms with van der Waals surface area (Å²) in [6.45, 7) is -0.985. The summed E-state index contributed by atoms with van der Waals surface area (Å²) in [5, 5.41) is 42.6. The Bertz CT molecular complexity index is 528. The van der Waals surface area contributed by atoms with Crippen LogP contribution in [0.2, 0.25) is 0 Å². The van der Waals surface area contributed by atoms with Crippen molar-refractivity contribution in [1.82, 2.24) is 0 Å². The third-order valence-corrected chi connectivity index (χ3v) is 3.74. The van der Waals surface area contributed by atoms with Gasteiger partial charge in [0.2, 0.25) is 0 Å². The van der Waals surface area contributed by atoms with E-state index in [0.717, 1.165) is 0 Å². The van der Waals surface area contributed by atoms with Gasteiger partial charge in [0.05, 0.1) is 13.0 Å². The van der Waals surface area contributed by atoms with E-state index < -0.39 is 64.8 Å². The number of carbonyl (C=O) groups is 3. The maximum atomic E-state index is 11.4. The molecule has 6 N–H and O–H groups in total. The molecule has 0 saturated carbocycles. The molecule has 0 radical (unpaired) electrons. The summed E-state index contributed by atoms with van der Waals surface area (Å²) in [5.41, 5.74) is 0. The molecule has 0 heterocycles. The number of carboxylic acids is 1. The smallest absolute Gasteiger partial charge is 0.325 e. The maximum absolute atomic E-state index is 11.4. The number of aliphatic carboxylic acids is 1. The van der Waals surface area contributed by atoms with Crippen LogP contribution in [0, 0.1) is 0 Å². The molecule has 0 aromatic rings. The zero-order valence-corrected chi connectivity index (χ0v) is 12.2. The van der Waals surface area contributed by atoms with Crippen LogP contribution in [0.3, 0.4) is 0 Å². The van der Waals surface area contributed by atoms with Gasteiger partial charge < -0.3 is 30.3 Å². The molecule has 0 rings (SSSR count). The second-order valence-corrected chi connectivity index (χ2v) is 5.97. The predicted molar refractivity (Wildman–Crippen MR) is 68.6 cm³/mol. The zero-order valence-electron chi connectivity index (χ0n) is 11.4. The molecular weight excluding hydrogens is 344 g/mol. The quantitative estimate of drug-likeness (QED) is 0.124. The monoisotopic (exact) mass is 360 g/mol. The Labute approximate surface area is 129 Å². The molecule has 23 heavy (non-hydrogen) atoms. The van der Waals surface area contributed by atoms with Crippen LogP contribution in [0.15, 0.2) is 0 Å². The van der Waals surface area contributed by atoms with Crippen molar-refractivity contribution in [2.24, 2.45) is 0 Å². The van der Waals surface area contributed by atoms with E-state index in [1.165, 1.54) is 0 Å². The second-order valence-electron chi connectivity index (χ2n) is 4.37. The van der Waals surface area contributed by atoms with Crippen LogP contribution in [-0.4, -0.2) is 93.0 Å². The molecule has 0 aliphatic rings. The molecule has 134 valence electrons. The standard InChI is InChI=1S/C10H16O12S/c11-2-4(13)8(15)9(16)5(3-12)22-7(14)1-6(10(17)18)23(19,20)21/h3-6,8-9,11,13,15-16H,1-2H2,(H,17,18)(H,19,20,21)/t4-,5+,6?,8-,9-/m1/s1. The molecule has 0 aliphatic heterocycles. The molecule has 0 fully saturated rings. The highest BCUT2D eigenvalue weighted by molar-refractivity contribution is 7.87. The molecule has 12 nitrogen and oxygen atoms in total. The number of aliphatic hydroxyl groups excluding tert-OH is 4. The number of aliphatic hydroxyl groups is 4. The van der Waals surface area contributed by atoms with Crippen molar-refractivity contribution in [3.63, 3.8) is 0 Å². The van der Waals surface area contributed by atoms with E-state index in [0.29, 0.717) is 0 Å². The Hall–Kier alpha value is -1.64. The predicted octanol–water partition coefficient (Wildman–Crippen LogP) is -4.10. The minimum atomic E-state index is -5.13. The Morgan fingerprint density at radius 1 is 1.13 bits per heavy atom. The lowest BCUT2D eigenvalue weighted by Crippen LogP contribution is -2.48. The summed E-state index contributed by atoms with van der Waals surface area (Å²) in [7, 11) is -5.13. The average Bonchev–Trinajstić information content (AvgIpc) is 2.46. The van der Waals surface area contributed by atoms with Crippen molar-refractivity contribution in [2.45, 2.75) is 36.1 Å². The SMILES string of the molecule is O=C[C@H](OC(=O)CC(C(=O)O)S(=O)(=O)O)[C@@H](O)[C@H](O)[C@H](O)CO. The number of carbonyl (C=O) groups excluding carboxylic acids is 2. The normalized spacial score (nSPS) is 18.3. The first-order chi connectivity index (χ1) is 10.4. The van der Waals surface area contributed by atoms with E-state index in [2.05, 4.69) is 4.74 Å². The number of aldehydes is 1. The van der Waals surface area contributed by atoms with Crippen molar-refractivity contribution in [1.29, 1.82) is 0 Å². The van der Waals surface area contributed by atoms with Gasteiger partial charge in [-0.15, -0.1) is 0 Å². The lowest BCUT2D eigenvalue weighted by atomic mass is 10.0. The Kier molecular flexibility index (Phi) is 8.22. The first-order valence-electron chi connectivity index (χ1n) is 5.94. The Morgan fingerprint density at radius 3 is 2.00 bits per heavy atom. The molecule has 0 aromatic heterocycles. The summed E-state index contributed by atoms with van der Waals surface area (Å²) in [4.78, 5) is 32.8. The minimum absolute atomic E-state index is 0.168. The fraction of sp³-hybridized carbons (Fsp3) is 0.700. The van der Waals surface area contributed by atoms with E-state index in [-0.39, 0.29) is 6.29 Å². The van der Waals surface area contributed by atoms with Crippen molar-refractivity contribution in [2.75, 3.05) is 6.61 Å². The summed E-state index contributed by atoms with van der Waals surface area (Å²) >= 11 is 0. The highest BCUT2D eigenvalue weighted by atomic mass is 32.2. The van der Waals surface area contributed by atoms with E-state index in [9.17, 15) is 33.0 Å². The van der Waals surface area contributed by atoms with Gasteiger partial charge in [-0.05, 0) is 0 Å². The second kappa shape index (κ2) is 8.85. The number of esters is 1. The van der Waals surface area contributed by atoms with E-state index >= 15 is 0 Å². The number of hydrogen-bond donors (Lipinski definition) is 6. The third kappa shape index (κ3) is 6.55. The summed E-state index contributed by atoms with van der Waals surface area (Å²) in [6.07, 6.45) is -9.74. The van der Waals surface area contributed by atoms with Gasteiger partial charge in [-0.3, -0.25) is 18.9 Å². The van der Waals surface area contributed by atoms with E-state index in [1.807, 2.05) is 0 Å². The van der Waals surface area contributed by atoms with Gasteiger partial charge in [0.25, 0.3) is 10.1 Å². The van der Waals surface area contributed by atoms with Gasteiger partial charge in [-0.25, -0.2) is 0 Å². The van der Waals surface area contributed by atoms with E-state index in [1.54, 1.807) is 0 Å². The van der Waals surface area contributed by atoms with Gasteiger partial charge in [0, 0.05) is 0 Å². The number of hydrogen-bond acceptors (Lipinski definition) is 10. The highest BCUT2D eigenvalue weighted by Crippen LogP contribution is 2.11. The molecule has 0 spiro atoms. The molecule has 0 amide bonds. The molecule has 0 aromatic carbocycles. The minimum Gasteiger partial charge on any atom is -0.480 e. The fourth-order valence-electron chi connectivity index (χ4n) is 1.38. The summed E-state index contributed by atoms with van der Waals surface area (Å²) in [6, 6.07) is 0. The van der Waals surface area contributed by atoms with Gasteiger partial charge in [-0.1, -0.05) is 0 Å². The van der Waals surface area contributed by atoms with Crippen LogP contribution in [0.25, 0.3) is 0 Å². The average molecular weight is 360 g/mol. The number of carboxylic acid groups (broad SMARTS) is 1. The summed E-state index contributed by atoms with van der Waals surface area (Å²) < 4.78 is 34.5. The fourth-order valence-corrected chi connectivity index (χ4v) is 1.98. The maximum Gasteiger partial charge on any atom is 0.325 e. The van der Waals surface area contributed by atoms with Crippen LogP contribution < -0.4 is 0 Å². The van der Waals surface area contributed by atoms with Crippen LogP contribution in [0.1, 0.15) is 6.42 Å². The zero-order chi connectivity index (χ0) is 18.4. The first kappa shape index (κ1) is 21.4. The van der Waals surface area contributed by atoms with Crippen LogP contribution in [0.5, 0.6) is 0 Å². The molecule has 0 aliphatic carbocycles. The van der Waals surface area contributed by atoms with Crippen molar-refractivity contribution in [3.8, 4) is 0 Å². The van der Waals surface area contributed by atoms with Crippen LogP contribution >= 0.6 is 0 Å². The largest absolute Gasteiger partial charge is 0.480 e. The lowest BCUT2D eigenvalue weighted by Gasteiger charge is -2.25. The Morgan fingerprint density at radius 2 is 1.65 bits per heavy atom. The van der Waals surface area contributed by atoms with Gasteiger partial charge in [-0.2, -0.15) is 8.42 Å². The van der Waals surface area contributed by atoms with Crippen molar-refractivity contribution >= 4 is 28.3 Å². The number of rotatable bonds is 10. The lowest BCUT2D eigenvalue weighted by molar-refractivity contribution is -0.168. The molecular formula is C10H16O12S. The van der Waals surface area contributed by atoms with Crippen LogP contribution in [-0.2, 0) is 29.2 Å². The van der Waals surface area contributed by atoms with Crippen molar-refractivity contribution in [3.05, 3.63) is 0 Å². The summed E-state index contributed by atoms with van der Waals surface area (Å²) in [5.74, 6) is -3.64. The molecule has 5 atom stereocenters. The molecule has 1 unspecified atom stereocenters. The number of ether oxygens (including phenoxy) is 1. The van der Waals surface area contributed by atoms with Gasteiger partial charge in [0.15, 0.2) is 17.6 Å². The Balaban J connectivity index is 4.97. The van der Waals surface area contributed by atoms with Crippen molar-refractivity contribution < 1.29 is 57.6 Å². The topological polar surface area (TPSA) is 216 Å². The van der Waals surface area contributed by atoms with Gasteiger partial charge in [0.1, 0.15) is 18.3 Å². The first-order valence-corrected chi connectivity index (χ1v) is 7.45. The van der Waals surface area contributed by atoms with Crippen LogP contribution in [0.4, 0.5) is 0 Å².